The lowest BCUT2D eigenvalue weighted by atomic mass is 10.0. The van der Waals surface area contributed by atoms with Gasteiger partial charge in [0.05, 0.1) is 10.9 Å². The van der Waals surface area contributed by atoms with Crippen molar-refractivity contribution in [2.24, 2.45) is 0 Å². The number of aromatic nitrogens is 1. The fourth-order valence-corrected chi connectivity index (χ4v) is 3.43. The standard InChI is InChI=1S/C19H12N/c1-2-9-17-15(8-1)16-10-5-6-13-12-14-7-3-4-11-20(14)19(17)18(13)16/h1-12H/q+1. The average Bonchev–Trinajstić information content (AvgIpc) is 2.85. The summed E-state index contributed by atoms with van der Waals surface area (Å²) < 4.78 is 2.30. The quantitative estimate of drug-likeness (QED) is 0.288. The van der Waals surface area contributed by atoms with Gasteiger partial charge >= 0.3 is 0 Å². The van der Waals surface area contributed by atoms with Gasteiger partial charge in [0, 0.05) is 18.2 Å². The molecular weight excluding hydrogens is 242 g/mol. The predicted molar refractivity (Wildman–Crippen MR) is 81.5 cm³/mol. The summed E-state index contributed by atoms with van der Waals surface area (Å²) in [7, 11) is 0. The highest BCUT2D eigenvalue weighted by molar-refractivity contribution is 6.13. The Morgan fingerprint density at radius 2 is 1.45 bits per heavy atom. The monoisotopic (exact) mass is 254 g/mol. The average molecular weight is 254 g/mol. The highest BCUT2D eigenvalue weighted by atomic mass is 14.9. The van der Waals surface area contributed by atoms with Gasteiger partial charge in [0.25, 0.3) is 0 Å². The molecule has 0 aliphatic heterocycles. The molecule has 0 N–H and O–H groups in total. The molecule has 1 aliphatic rings. The topological polar surface area (TPSA) is 4.10 Å². The molecule has 0 spiro atoms. The van der Waals surface area contributed by atoms with Gasteiger partial charge in [-0.3, -0.25) is 0 Å². The molecule has 2 aromatic carbocycles. The van der Waals surface area contributed by atoms with E-state index < -0.39 is 0 Å². The van der Waals surface area contributed by atoms with Gasteiger partial charge in [-0.15, -0.1) is 0 Å². The first kappa shape index (κ1) is 10.2. The van der Waals surface area contributed by atoms with Crippen molar-refractivity contribution in [1.29, 1.82) is 0 Å². The van der Waals surface area contributed by atoms with E-state index in [1.54, 1.807) is 0 Å². The summed E-state index contributed by atoms with van der Waals surface area (Å²) in [5, 5.41) is 2.69. The molecule has 1 aliphatic carbocycles. The summed E-state index contributed by atoms with van der Waals surface area (Å²) in [6.07, 6.45) is 2.16. The second kappa shape index (κ2) is 3.45. The van der Waals surface area contributed by atoms with E-state index >= 15 is 0 Å². The highest BCUT2D eigenvalue weighted by Gasteiger charge is 2.28. The largest absolute Gasteiger partial charge is 0.227 e. The van der Waals surface area contributed by atoms with Crippen molar-refractivity contribution in [1.82, 2.24) is 0 Å². The van der Waals surface area contributed by atoms with Crippen molar-refractivity contribution in [2.75, 3.05) is 0 Å². The van der Waals surface area contributed by atoms with E-state index in [9.17, 15) is 0 Å². The molecule has 5 rings (SSSR count). The summed E-state index contributed by atoms with van der Waals surface area (Å²) in [5.74, 6) is 0. The van der Waals surface area contributed by atoms with E-state index in [0.717, 1.165) is 0 Å². The molecule has 2 heterocycles. The van der Waals surface area contributed by atoms with Crippen molar-refractivity contribution in [2.45, 2.75) is 0 Å². The molecule has 0 radical (unpaired) electrons. The first-order valence-corrected chi connectivity index (χ1v) is 6.89. The first-order chi connectivity index (χ1) is 9.93. The molecule has 0 saturated heterocycles. The zero-order valence-electron chi connectivity index (χ0n) is 10.9. The van der Waals surface area contributed by atoms with Crippen molar-refractivity contribution < 1.29 is 4.40 Å². The summed E-state index contributed by atoms with van der Waals surface area (Å²) in [5.41, 5.74) is 6.59. The van der Waals surface area contributed by atoms with Gasteiger partial charge in [0.15, 0.2) is 6.20 Å². The maximum atomic E-state index is 2.30. The lowest BCUT2D eigenvalue weighted by Crippen LogP contribution is -2.23. The van der Waals surface area contributed by atoms with Crippen LogP contribution in [0.5, 0.6) is 0 Å². The molecule has 0 bridgehead atoms. The molecular formula is C19H12N+. The second-order valence-corrected chi connectivity index (χ2v) is 5.30. The number of nitrogens with zero attached hydrogens (tertiary/aromatic N) is 1. The van der Waals surface area contributed by atoms with Gasteiger partial charge in [0.1, 0.15) is 0 Å². The Morgan fingerprint density at radius 1 is 0.650 bits per heavy atom. The van der Waals surface area contributed by atoms with Crippen molar-refractivity contribution in [3.63, 3.8) is 0 Å². The molecule has 0 amide bonds. The number of hydrogen-bond acceptors (Lipinski definition) is 0. The van der Waals surface area contributed by atoms with E-state index in [1.807, 2.05) is 0 Å². The summed E-state index contributed by atoms with van der Waals surface area (Å²) >= 11 is 0. The van der Waals surface area contributed by atoms with E-state index in [2.05, 4.69) is 77.3 Å². The van der Waals surface area contributed by atoms with Gasteiger partial charge in [-0.05, 0) is 28.6 Å². The minimum Gasteiger partial charge on any atom is -0.159 e. The smallest absolute Gasteiger partial charge is 0.159 e. The SMILES string of the molecule is c1ccc2c(c1)-c1cccc3cc4cccc[n+]4c-2c13. The van der Waals surface area contributed by atoms with Crippen LogP contribution in [-0.2, 0) is 0 Å². The third-order valence-electron chi connectivity index (χ3n) is 4.24. The minimum absolute atomic E-state index is 1.24. The number of benzene rings is 2. The molecule has 1 heteroatoms. The van der Waals surface area contributed by atoms with Gasteiger partial charge in [-0.25, -0.2) is 0 Å². The maximum Gasteiger partial charge on any atom is 0.227 e. The van der Waals surface area contributed by atoms with Crippen LogP contribution in [0.3, 0.4) is 0 Å². The maximum absolute atomic E-state index is 2.30. The number of pyridine rings is 2. The highest BCUT2D eigenvalue weighted by Crippen LogP contribution is 2.45. The normalized spacial score (nSPS) is 12.0. The first-order valence-electron chi connectivity index (χ1n) is 6.89. The molecule has 0 atom stereocenters. The Kier molecular flexibility index (Phi) is 1.75. The van der Waals surface area contributed by atoms with Crippen molar-refractivity contribution >= 4 is 16.3 Å². The third-order valence-corrected chi connectivity index (χ3v) is 4.24. The molecule has 0 fully saturated rings. The summed E-state index contributed by atoms with van der Waals surface area (Å²) in [6.45, 7) is 0. The van der Waals surface area contributed by atoms with E-state index in [0.29, 0.717) is 0 Å². The van der Waals surface area contributed by atoms with Crippen LogP contribution in [0.2, 0.25) is 0 Å². The number of rotatable bonds is 0. The van der Waals surface area contributed by atoms with Crippen molar-refractivity contribution in [3.05, 3.63) is 72.9 Å². The second-order valence-electron chi connectivity index (χ2n) is 5.30. The molecule has 0 unspecified atom stereocenters. The van der Waals surface area contributed by atoms with Crippen LogP contribution in [0, 0.1) is 0 Å². The Bertz CT molecular complexity index is 999. The zero-order chi connectivity index (χ0) is 13.1. The number of hydrogen-bond donors (Lipinski definition) is 0. The Labute approximate surface area is 116 Å². The Morgan fingerprint density at radius 3 is 2.40 bits per heavy atom. The van der Waals surface area contributed by atoms with Crippen LogP contribution in [0.4, 0.5) is 0 Å². The van der Waals surface area contributed by atoms with Gasteiger partial charge < -0.3 is 0 Å². The van der Waals surface area contributed by atoms with E-state index in [1.165, 1.54) is 38.7 Å². The third kappa shape index (κ3) is 1.11. The molecule has 92 valence electrons. The number of fused-ring (bicyclic) bond motifs is 5. The predicted octanol–water partition coefficient (Wildman–Crippen LogP) is 4.23. The van der Waals surface area contributed by atoms with E-state index in [-0.39, 0.29) is 0 Å². The van der Waals surface area contributed by atoms with Gasteiger partial charge in [-0.1, -0.05) is 36.4 Å². The zero-order valence-corrected chi connectivity index (χ0v) is 10.9. The Balaban J connectivity index is 2.15. The molecule has 0 saturated carbocycles. The Hall–Kier alpha value is -2.67. The lowest BCUT2D eigenvalue weighted by molar-refractivity contribution is -0.497. The minimum atomic E-state index is 1.24. The van der Waals surface area contributed by atoms with Crippen LogP contribution in [0.25, 0.3) is 38.7 Å². The van der Waals surface area contributed by atoms with Crippen LogP contribution in [0.1, 0.15) is 0 Å². The fourth-order valence-electron chi connectivity index (χ4n) is 3.43. The van der Waals surface area contributed by atoms with Gasteiger partial charge in [0.2, 0.25) is 11.2 Å². The fraction of sp³-hybridized carbons (Fsp3) is 0. The van der Waals surface area contributed by atoms with Crippen LogP contribution in [-0.4, -0.2) is 0 Å². The molecule has 2 aromatic heterocycles. The summed E-state index contributed by atoms with van der Waals surface area (Å²) in [4.78, 5) is 0. The van der Waals surface area contributed by atoms with E-state index in [4.69, 9.17) is 0 Å². The van der Waals surface area contributed by atoms with Crippen molar-refractivity contribution in [3.8, 4) is 22.4 Å². The molecule has 1 nitrogen and oxygen atoms in total. The van der Waals surface area contributed by atoms with Crippen LogP contribution < -0.4 is 4.40 Å². The van der Waals surface area contributed by atoms with Crippen LogP contribution >= 0.6 is 0 Å². The van der Waals surface area contributed by atoms with Crippen LogP contribution in [0.15, 0.2) is 72.9 Å². The molecule has 4 aromatic rings. The summed E-state index contributed by atoms with van der Waals surface area (Å²) in [6, 6.07) is 23.9. The van der Waals surface area contributed by atoms with Gasteiger partial charge in [-0.2, -0.15) is 4.40 Å². The lowest BCUT2D eigenvalue weighted by Gasteiger charge is -2.00. The molecule has 20 heavy (non-hydrogen) atoms.